The molecule has 0 N–H and O–H groups in total. The molecule has 0 bridgehead atoms. The summed E-state index contributed by atoms with van der Waals surface area (Å²) in [5.74, 6) is -2.01. The van der Waals surface area contributed by atoms with E-state index in [0.717, 1.165) is 6.92 Å². The molecule has 0 aliphatic heterocycles. The van der Waals surface area contributed by atoms with E-state index in [4.69, 9.17) is 0 Å². The number of esters is 1. The van der Waals surface area contributed by atoms with Gasteiger partial charge in [0.1, 0.15) is 6.61 Å². The zero-order valence-electron chi connectivity index (χ0n) is 5.34. The van der Waals surface area contributed by atoms with Crippen molar-refractivity contribution in [2.75, 3.05) is 6.61 Å². The van der Waals surface area contributed by atoms with Crippen LogP contribution in [0.1, 0.15) is 6.92 Å². The number of hydrogen-bond donors (Lipinski definition) is 0. The van der Waals surface area contributed by atoms with Gasteiger partial charge in [0, 0.05) is 6.92 Å². The Morgan fingerprint density at radius 2 is 2.00 bits per heavy atom. The van der Waals surface area contributed by atoms with Gasteiger partial charge >= 0.3 is 24.8 Å². The minimum atomic E-state index is -1.39. The number of carboxylic acid groups (broad SMARTS) is 1. The van der Waals surface area contributed by atoms with Gasteiger partial charge in [0.2, 0.25) is 0 Å². The fraction of sp³-hybridized carbons (Fsp3) is 0.500. The number of carbonyl (C=O) groups excluding carboxylic acids is 2. The van der Waals surface area contributed by atoms with Crippen LogP contribution in [0.15, 0.2) is 0 Å². The first-order valence-corrected chi connectivity index (χ1v) is 1.96. The molecule has 0 aliphatic rings. The maximum absolute atomic E-state index is 9.83. The maximum Gasteiger partial charge on any atom is 1.00 e. The molecule has 0 unspecified atom stereocenters. The predicted octanol–water partition coefficient (Wildman–Crippen LogP) is -4.70. The fourth-order valence-electron chi connectivity index (χ4n) is 0.161. The molecule has 0 heterocycles. The Morgan fingerprint density at radius 3 is 2.11 bits per heavy atom. The van der Waals surface area contributed by atoms with Gasteiger partial charge in [-0.3, -0.25) is 4.79 Å². The standard InChI is InChI=1S/C4H6O4.Li/c1-3(5)8-2-4(6)7;/h2H2,1H3,(H,6,7);/q;+1/p-1. The Balaban J connectivity index is 0. The largest absolute Gasteiger partial charge is 1.00 e. The Labute approximate surface area is 64.4 Å². The van der Waals surface area contributed by atoms with Crippen LogP contribution in [-0.4, -0.2) is 18.5 Å². The molecule has 0 atom stereocenters. The first kappa shape index (κ1) is 11.3. The van der Waals surface area contributed by atoms with Crippen LogP contribution in [0.3, 0.4) is 0 Å². The van der Waals surface area contributed by atoms with Crippen molar-refractivity contribution in [1.29, 1.82) is 0 Å². The van der Waals surface area contributed by atoms with Crippen molar-refractivity contribution in [3.63, 3.8) is 0 Å². The molecule has 0 amide bonds. The molecule has 4 nitrogen and oxygen atoms in total. The summed E-state index contributed by atoms with van der Waals surface area (Å²) in [6.07, 6.45) is 0. The van der Waals surface area contributed by atoms with Crippen LogP contribution in [0, 0.1) is 0 Å². The average Bonchev–Trinajstić information content (AvgIpc) is 1.61. The topological polar surface area (TPSA) is 66.4 Å². The van der Waals surface area contributed by atoms with Gasteiger partial charge in [0.15, 0.2) is 0 Å². The Hall–Kier alpha value is -0.463. The van der Waals surface area contributed by atoms with E-state index < -0.39 is 18.5 Å². The summed E-state index contributed by atoms with van der Waals surface area (Å²) < 4.78 is 4.00. The second kappa shape index (κ2) is 5.67. The van der Waals surface area contributed by atoms with E-state index in [-0.39, 0.29) is 18.9 Å². The molecule has 0 aromatic carbocycles. The third-order valence-corrected chi connectivity index (χ3v) is 0.393. The van der Waals surface area contributed by atoms with Gasteiger partial charge in [0.05, 0.1) is 5.97 Å². The number of hydrogen-bond acceptors (Lipinski definition) is 4. The smallest absolute Gasteiger partial charge is 0.546 e. The SMILES string of the molecule is CC(=O)OCC(=O)[O-].[Li+]. The molecule has 0 radical (unpaired) electrons. The van der Waals surface area contributed by atoms with E-state index in [2.05, 4.69) is 4.74 Å². The Morgan fingerprint density at radius 1 is 1.56 bits per heavy atom. The summed E-state index contributed by atoms with van der Waals surface area (Å²) in [5.41, 5.74) is 0. The second-order valence-electron chi connectivity index (χ2n) is 1.15. The van der Waals surface area contributed by atoms with E-state index in [0.29, 0.717) is 0 Å². The monoisotopic (exact) mass is 124 g/mol. The van der Waals surface area contributed by atoms with Crippen molar-refractivity contribution in [2.45, 2.75) is 6.92 Å². The van der Waals surface area contributed by atoms with Gasteiger partial charge in [-0.2, -0.15) is 0 Å². The third kappa shape index (κ3) is 11.2. The van der Waals surface area contributed by atoms with Gasteiger partial charge in [-0.1, -0.05) is 0 Å². The third-order valence-electron chi connectivity index (χ3n) is 0.393. The minimum absolute atomic E-state index is 0. The predicted molar refractivity (Wildman–Crippen MR) is 21.6 cm³/mol. The van der Waals surface area contributed by atoms with Gasteiger partial charge in [-0.05, 0) is 0 Å². The van der Waals surface area contributed by atoms with Crippen molar-refractivity contribution < 1.29 is 38.3 Å². The van der Waals surface area contributed by atoms with Crippen LogP contribution >= 0.6 is 0 Å². The number of rotatable bonds is 2. The first-order valence-electron chi connectivity index (χ1n) is 1.96. The minimum Gasteiger partial charge on any atom is -0.546 e. The van der Waals surface area contributed by atoms with Crippen molar-refractivity contribution in [3.8, 4) is 0 Å². The quantitative estimate of drug-likeness (QED) is 0.274. The first-order chi connectivity index (χ1) is 3.63. The molecule has 0 fully saturated rings. The second-order valence-corrected chi connectivity index (χ2v) is 1.15. The van der Waals surface area contributed by atoms with Crippen molar-refractivity contribution in [3.05, 3.63) is 0 Å². The fourth-order valence-corrected chi connectivity index (χ4v) is 0.161. The van der Waals surface area contributed by atoms with Crippen LogP contribution < -0.4 is 24.0 Å². The molecule has 0 saturated carbocycles. The summed E-state index contributed by atoms with van der Waals surface area (Å²) in [6.45, 7) is 0.471. The van der Waals surface area contributed by atoms with E-state index in [1.807, 2.05) is 0 Å². The summed E-state index contributed by atoms with van der Waals surface area (Å²) in [6, 6.07) is 0. The van der Waals surface area contributed by atoms with Crippen molar-refractivity contribution >= 4 is 11.9 Å². The van der Waals surface area contributed by atoms with E-state index in [1.165, 1.54) is 0 Å². The van der Waals surface area contributed by atoms with E-state index in [1.54, 1.807) is 0 Å². The summed E-state index contributed by atoms with van der Waals surface area (Å²) in [5, 5.41) is 9.52. The van der Waals surface area contributed by atoms with Crippen LogP contribution in [0.2, 0.25) is 0 Å². The van der Waals surface area contributed by atoms with Crippen LogP contribution in [-0.2, 0) is 14.3 Å². The molecule has 0 saturated heterocycles. The molecule has 0 aromatic rings. The number of aliphatic carboxylic acids is 1. The molecule has 5 heteroatoms. The maximum atomic E-state index is 9.83. The van der Waals surface area contributed by atoms with Crippen LogP contribution in [0.5, 0.6) is 0 Å². The van der Waals surface area contributed by atoms with Crippen LogP contribution in [0.25, 0.3) is 0 Å². The molecule has 46 valence electrons. The molecular formula is C4H5LiO4. The van der Waals surface area contributed by atoms with E-state index in [9.17, 15) is 14.7 Å². The Bertz CT molecular complexity index is 97.1. The average molecular weight is 124 g/mol. The molecule has 0 spiro atoms. The molecular weight excluding hydrogens is 119 g/mol. The molecule has 0 aliphatic carbocycles. The number of carboxylic acids is 1. The van der Waals surface area contributed by atoms with Gasteiger partial charge in [-0.25, -0.2) is 0 Å². The zero-order valence-corrected chi connectivity index (χ0v) is 5.34. The summed E-state index contributed by atoms with van der Waals surface area (Å²) in [4.78, 5) is 19.4. The summed E-state index contributed by atoms with van der Waals surface area (Å²) >= 11 is 0. The molecule has 0 rings (SSSR count). The van der Waals surface area contributed by atoms with Gasteiger partial charge in [-0.15, -0.1) is 0 Å². The zero-order chi connectivity index (χ0) is 6.57. The number of ether oxygens (including phenoxy) is 1. The van der Waals surface area contributed by atoms with Crippen LogP contribution in [0.4, 0.5) is 0 Å². The number of carbonyl (C=O) groups is 2. The van der Waals surface area contributed by atoms with Gasteiger partial charge in [0.25, 0.3) is 0 Å². The van der Waals surface area contributed by atoms with E-state index >= 15 is 0 Å². The summed E-state index contributed by atoms with van der Waals surface area (Å²) in [7, 11) is 0. The normalized spacial score (nSPS) is 7.22. The van der Waals surface area contributed by atoms with Crippen molar-refractivity contribution in [1.82, 2.24) is 0 Å². The van der Waals surface area contributed by atoms with Crippen molar-refractivity contribution in [2.24, 2.45) is 0 Å². The Kier molecular flexibility index (Phi) is 7.15. The molecule has 0 aromatic heterocycles. The van der Waals surface area contributed by atoms with Gasteiger partial charge < -0.3 is 14.6 Å². The molecule has 9 heavy (non-hydrogen) atoms.